The monoisotopic (exact) mass is 352 g/mol. The Labute approximate surface area is 147 Å². The number of rotatable bonds is 3. The number of nitrogens with one attached hydrogen (secondary N) is 1. The summed E-state index contributed by atoms with van der Waals surface area (Å²) in [7, 11) is 0. The van der Waals surface area contributed by atoms with Crippen LogP contribution in [-0.4, -0.2) is 9.97 Å². The summed E-state index contributed by atoms with van der Waals surface area (Å²) in [5, 5.41) is 2.76. The van der Waals surface area contributed by atoms with Crippen molar-refractivity contribution in [3.8, 4) is 21.8 Å². The van der Waals surface area contributed by atoms with Crippen LogP contribution in [-0.2, 0) is 6.42 Å². The fourth-order valence-electron chi connectivity index (χ4n) is 2.95. The predicted molar refractivity (Wildman–Crippen MR) is 103 cm³/mol. The molecule has 3 nitrogen and oxygen atoms in total. The Bertz CT molecular complexity index is 1070. The van der Waals surface area contributed by atoms with Crippen LogP contribution in [0.3, 0.4) is 0 Å². The Hall–Kier alpha value is -2.24. The molecule has 0 radical (unpaired) electrons. The summed E-state index contributed by atoms with van der Waals surface area (Å²) >= 11 is 3.29. The van der Waals surface area contributed by atoms with Crippen LogP contribution < -0.4 is 5.56 Å². The zero-order valence-electron chi connectivity index (χ0n) is 13.4. The van der Waals surface area contributed by atoms with Crippen molar-refractivity contribution in [2.75, 3.05) is 0 Å². The maximum atomic E-state index is 12.8. The Kier molecular flexibility index (Phi) is 3.82. The molecule has 120 valence electrons. The normalized spacial score (nSPS) is 11.2. The third-order valence-corrected chi connectivity index (χ3v) is 6.24. The molecule has 0 bridgehead atoms. The molecule has 3 heterocycles. The summed E-state index contributed by atoms with van der Waals surface area (Å²) < 4.78 is 0. The van der Waals surface area contributed by atoms with Gasteiger partial charge in [-0.25, -0.2) is 4.98 Å². The molecular weight excluding hydrogens is 336 g/mol. The summed E-state index contributed by atoms with van der Waals surface area (Å²) in [6, 6.07) is 12.1. The highest BCUT2D eigenvalue weighted by Crippen LogP contribution is 2.39. The van der Waals surface area contributed by atoms with Gasteiger partial charge in [-0.3, -0.25) is 4.79 Å². The van der Waals surface area contributed by atoms with Gasteiger partial charge in [-0.1, -0.05) is 37.3 Å². The SMILES string of the molecule is CCc1sc2nc(-c3ccccc3C)[nH]c(=O)c2c1-c1cccs1. The van der Waals surface area contributed by atoms with Crippen molar-refractivity contribution in [1.82, 2.24) is 9.97 Å². The lowest BCUT2D eigenvalue weighted by atomic mass is 10.1. The van der Waals surface area contributed by atoms with Crippen molar-refractivity contribution in [2.24, 2.45) is 0 Å². The fourth-order valence-corrected chi connectivity index (χ4v) is 4.94. The molecule has 0 aliphatic carbocycles. The van der Waals surface area contributed by atoms with Gasteiger partial charge >= 0.3 is 0 Å². The standard InChI is InChI=1S/C19H16N2OS2/c1-3-13-15(14-9-6-10-23-14)16-18(22)20-17(21-19(16)24-13)12-8-5-4-7-11(12)2/h4-10H,3H2,1-2H3,(H,20,21,22). The van der Waals surface area contributed by atoms with Crippen molar-refractivity contribution in [3.63, 3.8) is 0 Å². The van der Waals surface area contributed by atoms with Crippen LogP contribution in [0.15, 0.2) is 46.6 Å². The number of aryl methyl sites for hydroxylation is 2. The number of nitrogens with zero attached hydrogens (tertiary/aromatic N) is 1. The molecular formula is C19H16N2OS2. The zero-order chi connectivity index (χ0) is 16.7. The van der Waals surface area contributed by atoms with Crippen molar-refractivity contribution >= 4 is 32.9 Å². The highest BCUT2D eigenvalue weighted by Gasteiger charge is 2.19. The van der Waals surface area contributed by atoms with Gasteiger partial charge in [-0.2, -0.15) is 0 Å². The van der Waals surface area contributed by atoms with Gasteiger partial charge in [0, 0.05) is 20.9 Å². The quantitative estimate of drug-likeness (QED) is 0.547. The first-order valence-corrected chi connectivity index (χ1v) is 9.54. The van der Waals surface area contributed by atoms with Crippen LogP contribution in [0, 0.1) is 6.92 Å². The fraction of sp³-hybridized carbons (Fsp3) is 0.158. The van der Waals surface area contributed by atoms with E-state index in [1.54, 1.807) is 22.7 Å². The molecule has 0 unspecified atom stereocenters. The largest absolute Gasteiger partial charge is 0.306 e. The van der Waals surface area contributed by atoms with Crippen LogP contribution in [0.4, 0.5) is 0 Å². The molecule has 5 heteroatoms. The number of hydrogen-bond acceptors (Lipinski definition) is 4. The molecule has 0 atom stereocenters. The van der Waals surface area contributed by atoms with Crippen molar-refractivity contribution in [2.45, 2.75) is 20.3 Å². The van der Waals surface area contributed by atoms with Crippen LogP contribution in [0.1, 0.15) is 17.4 Å². The third kappa shape index (κ3) is 2.41. The number of fused-ring (bicyclic) bond motifs is 1. The Morgan fingerprint density at radius 1 is 1.17 bits per heavy atom. The zero-order valence-corrected chi connectivity index (χ0v) is 15.1. The molecule has 1 aromatic carbocycles. The number of hydrogen-bond donors (Lipinski definition) is 1. The molecule has 4 rings (SSSR count). The minimum atomic E-state index is -0.0578. The average molecular weight is 352 g/mol. The number of H-pyrrole nitrogens is 1. The molecule has 0 saturated heterocycles. The van der Waals surface area contributed by atoms with Gasteiger partial charge in [0.2, 0.25) is 0 Å². The van der Waals surface area contributed by atoms with Gasteiger partial charge in [-0.05, 0) is 30.4 Å². The first kappa shape index (κ1) is 15.3. The maximum absolute atomic E-state index is 12.8. The van der Waals surface area contributed by atoms with Gasteiger partial charge in [0.15, 0.2) is 0 Å². The van der Waals surface area contributed by atoms with Crippen LogP contribution in [0.5, 0.6) is 0 Å². The topological polar surface area (TPSA) is 45.8 Å². The lowest BCUT2D eigenvalue weighted by molar-refractivity contribution is 1.17. The molecule has 4 aromatic rings. The molecule has 24 heavy (non-hydrogen) atoms. The van der Waals surface area contributed by atoms with E-state index in [1.165, 1.54) is 4.88 Å². The van der Waals surface area contributed by atoms with E-state index in [0.29, 0.717) is 5.82 Å². The van der Waals surface area contributed by atoms with E-state index in [0.717, 1.165) is 38.2 Å². The third-order valence-electron chi connectivity index (χ3n) is 4.12. The second-order valence-electron chi connectivity index (χ2n) is 5.64. The molecule has 0 amide bonds. The van der Waals surface area contributed by atoms with Gasteiger partial charge in [0.1, 0.15) is 10.7 Å². The highest BCUT2D eigenvalue weighted by atomic mass is 32.1. The Morgan fingerprint density at radius 2 is 2.00 bits per heavy atom. The van der Waals surface area contributed by atoms with E-state index in [4.69, 9.17) is 4.98 Å². The van der Waals surface area contributed by atoms with Crippen LogP contribution in [0.2, 0.25) is 0 Å². The first-order chi connectivity index (χ1) is 11.7. The predicted octanol–water partition coefficient (Wildman–Crippen LogP) is 5.25. The number of benzene rings is 1. The van der Waals surface area contributed by atoms with E-state index >= 15 is 0 Å². The van der Waals surface area contributed by atoms with Crippen LogP contribution in [0.25, 0.3) is 32.0 Å². The van der Waals surface area contributed by atoms with Gasteiger partial charge < -0.3 is 4.98 Å². The molecule has 0 aliphatic rings. The minimum Gasteiger partial charge on any atom is -0.306 e. The summed E-state index contributed by atoms with van der Waals surface area (Å²) in [6.45, 7) is 4.15. The average Bonchev–Trinajstić information content (AvgIpc) is 3.21. The van der Waals surface area contributed by atoms with E-state index in [2.05, 4.69) is 18.0 Å². The summed E-state index contributed by atoms with van der Waals surface area (Å²) in [5.41, 5.74) is 3.07. The molecule has 1 N–H and O–H groups in total. The summed E-state index contributed by atoms with van der Waals surface area (Å²) in [5.74, 6) is 0.646. The lowest BCUT2D eigenvalue weighted by Gasteiger charge is -2.05. The number of thiophene rings is 2. The molecule has 0 fully saturated rings. The highest BCUT2D eigenvalue weighted by molar-refractivity contribution is 7.20. The Balaban J connectivity index is 2.02. The second-order valence-corrected chi connectivity index (χ2v) is 7.67. The van der Waals surface area contributed by atoms with Crippen molar-refractivity contribution in [3.05, 3.63) is 62.6 Å². The Morgan fingerprint density at radius 3 is 2.71 bits per heavy atom. The smallest absolute Gasteiger partial charge is 0.260 e. The number of aromatic nitrogens is 2. The minimum absolute atomic E-state index is 0.0578. The van der Waals surface area contributed by atoms with Crippen molar-refractivity contribution < 1.29 is 0 Å². The van der Waals surface area contributed by atoms with Crippen LogP contribution >= 0.6 is 22.7 Å². The van der Waals surface area contributed by atoms with Gasteiger partial charge in [0.25, 0.3) is 5.56 Å². The summed E-state index contributed by atoms with van der Waals surface area (Å²) in [4.78, 5) is 23.8. The van der Waals surface area contributed by atoms with Gasteiger partial charge in [0.05, 0.1) is 5.39 Å². The first-order valence-electron chi connectivity index (χ1n) is 7.84. The molecule has 0 saturated carbocycles. The van der Waals surface area contributed by atoms with E-state index < -0.39 is 0 Å². The second kappa shape index (κ2) is 6.00. The molecule has 3 aromatic heterocycles. The van der Waals surface area contributed by atoms with Gasteiger partial charge in [-0.15, -0.1) is 22.7 Å². The maximum Gasteiger partial charge on any atom is 0.260 e. The molecule has 0 spiro atoms. The molecule has 0 aliphatic heterocycles. The lowest BCUT2D eigenvalue weighted by Crippen LogP contribution is -2.09. The summed E-state index contributed by atoms with van der Waals surface area (Å²) in [6.07, 6.45) is 0.896. The number of aromatic amines is 1. The van der Waals surface area contributed by atoms with E-state index in [1.807, 2.05) is 42.6 Å². The van der Waals surface area contributed by atoms with Crippen molar-refractivity contribution in [1.29, 1.82) is 0 Å². The van der Waals surface area contributed by atoms with E-state index in [9.17, 15) is 4.79 Å². The van der Waals surface area contributed by atoms with E-state index in [-0.39, 0.29) is 5.56 Å².